The van der Waals surface area contributed by atoms with E-state index in [1.807, 2.05) is 0 Å². The third-order valence-corrected chi connectivity index (χ3v) is 3.63. The quantitative estimate of drug-likeness (QED) is 0.666. The topological polar surface area (TPSA) is 71.1 Å². The third-order valence-electron chi connectivity index (χ3n) is 3.63. The van der Waals surface area contributed by atoms with Crippen molar-refractivity contribution in [3.05, 3.63) is 11.6 Å². The van der Waals surface area contributed by atoms with Crippen LogP contribution in [0.1, 0.15) is 13.3 Å². The van der Waals surface area contributed by atoms with Crippen LogP contribution in [-0.4, -0.2) is 45.2 Å². The molecule has 1 saturated heterocycles. The molecule has 1 heterocycles. The predicted octanol–water partition coefficient (Wildman–Crippen LogP) is 0.412. The van der Waals surface area contributed by atoms with Crippen molar-refractivity contribution < 1.29 is 28.5 Å². The van der Waals surface area contributed by atoms with Crippen LogP contribution >= 0.6 is 0 Å². The summed E-state index contributed by atoms with van der Waals surface area (Å²) in [6, 6.07) is 0. The van der Waals surface area contributed by atoms with Gasteiger partial charge in [-0.05, 0) is 6.92 Å². The van der Waals surface area contributed by atoms with Gasteiger partial charge in [0.05, 0.1) is 33.0 Å². The van der Waals surface area contributed by atoms with Crippen LogP contribution in [0.4, 0.5) is 0 Å². The van der Waals surface area contributed by atoms with Gasteiger partial charge in [0.15, 0.2) is 11.2 Å². The third kappa shape index (κ3) is 1.49. The number of methoxy groups -OCH3 is 2. The Bertz CT molecular complexity index is 407. The van der Waals surface area contributed by atoms with Gasteiger partial charge < -0.3 is 18.9 Å². The molecule has 2 aliphatic rings. The Morgan fingerprint density at radius 3 is 2.33 bits per heavy atom. The minimum atomic E-state index is -1.30. The molecule has 6 heteroatoms. The molecule has 1 spiro atoms. The van der Waals surface area contributed by atoms with E-state index in [-0.39, 0.29) is 5.57 Å². The number of esters is 2. The Labute approximate surface area is 105 Å². The van der Waals surface area contributed by atoms with E-state index in [0.717, 1.165) is 0 Å². The van der Waals surface area contributed by atoms with Gasteiger partial charge in [0.2, 0.25) is 0 Å². The second-order valence-corrected chi connectivity index (χ2v) is 4.38. The van der Waals surface area contributed by atoms with E-state index >= 15 is 0 Å². The Balaban J connectivity index is 2.45. The molecular formula is C12H16O6. The van der Waals surface area contributed by atoms with Gasteiger partial charge in [-0.15, -0.1) is 0 Å². The van der Waals surface area contributed by atoms with Crippen molar-refractivity contribution in [2.75, 3.05) is 27.4 Å². The first-order valence-electron chi connectivity index (χ1n) is 5.67. The fourth-order valence-electron chi connectivity index (χ4n) is 2.58. The molecule has 1 atom stereocenters. The fraction of sp³-hybridized carbons (Fsp3) is 0.667. The van der Waals surface area contributed by atoms with Gasteiger partial charge in [-0.25, -0.2) is 4.79 Å². The molecule has 2 rings (SSSR count). The summed E-state index contributed by atoms with van der Waals surface area (Å²) < 4.78 is 20.7. The average Bonchev–Trinajstić information content (AvgIpc) is 2.97. The van der Waals surface area contributed by atoms with E-state index < -0.39 is 23.1 Å². The number of hydrogen-bond acceptors (Lipinski definition) is 6. The average molecular weight is 256 g/mol. The van der Waals surface area contributed by atoms with Gasteiger partial charge in [-0.2, -0.15) is 0 Å². The Kier molecular flexibility index (Phi) is 3.16. The van der Waals surface area contributed by atoms with Crippen molar-refractivity contribution in [3.63, 3.8) is 0 Å². The summed E-state index contributed by atoms with van der Waals surface area (Å²) in [6.45, 7) is 2.35. The standard InChI is InChI=1S/C12H16O6/c1-11(10(14)16-3)8(9(13)15-2)4-5-12(11)17-6-7-18-12/h4H,5-7H2,1-3H3. The van der Waals surface area contributed by atoms with Crippen LogP contribution in [0.5, 0.6) is 0 Å². The van der Waals surface area contributed by atoms with E-state index in [9.17, 15) is 9.59 Å². The zero-order valence-corrected chi connectivity index (χ0v) is 10.6. The molecule has 0 bridgehead atoms. The second kappa shape index (κ2) is 4.37. The highest BCUT2D eigenvalue weighted by molar-refractivity contribution is 5.99. The number of ether oxygens (including phenoxy) is 4. The minimum absolute atomic E-state index is 0.221. The molecule has 1 fully saturated rings. The molecule has 1 unspecified atom stereocenters. The van der Waals surface area contributed by atoms with Gasteiger partial charge in [0.25, 0.3) is 0 Å². The molecule has 0 aromatic rings. The lowest BCUT2D eigenvalue weighted by atomic mass is 9.78. The van der Waals surface area contributed by atoms with Crippen molar-refractivity contribution in [3.8, 4) is 0 Å². The van der Waals surface area contributed by atoms with Crippen LogP contribution in [0.25, 0.3) is 0 Å². The van der Waals surface area contributed by atoms with Crippen LogP contribution < -0.4 is 0 Å². The van der Waals surface area contributed by atoms with E-state index in [2.05, 4.69) is 0 Å². The molecule has 0 N–H and O–H groups in total. The summed E-state index contributed by atoms with van der Waals surface area (Å²) in [4.78, 5) is 23.9. The van der Waals surface area contributed by atoms with E-state index in [4.69, 9.17) is 18.9 Å². The smallest absolute Gasteiger partial charge is 0.334 e. The highest BCUT2D eigenvalue weighted by atomic mass is 16.7. The normalized spacial score (nSPS) is 29.2. The summed E-state index contributed by atoms with van der Waals surface area (Å²) in [6.07, 6.45) is 1.94. The molecular weight excluding hydrogens is 240 g/mol. The minimum Gasteiger partial charge on any atom is -0.468 e. The maximum atomic E-state index is 12.1. The number of hydrogen-bond donors (Lipinski definition) is 0. The molecule has 0 amide bonds. The summed E-state index contributed by atoms with van der Waals surface area (Å²) in [5.41, 5.74) is -1.08. The first-order valence-corrected chi connectivity index (χ1v) is 5.67. The van der Waals surface area contributed by atoms with Crippen molar-refractivity contribution in [1.82, 2.24) is 0 Å². The van der Waals surface area contributed by atoms with Gasteiger partial charge in [-0.3, -0.25) is 4.79 Å². The van der Waals surface area contributed by atoms with Crippen LogP contribution in [0.3, 0.4) is 0 Å². The maximum absolute atomic E-state index is 12.1. The fourth-order valence-corrected chi connectivity index (χ4v) is 2.58. The Hall–Kier alpha value is -1.40. The molecule has 6 nitrogen and oxygen atoms in total. The summed E-state index contributed by atoms with van der Waals surface area (Å²) in [7, 11) is 2.53. The number of carbonyl (C=O) groups is 2. The SMILES string of the molecule is COC(=O)C1=CCC2(OCCO2)C1(C)C(=O)OC. The van der Waals surface area contributed by atoms with Crippen LogP contribution in [0.15, 0.2) is 11.6 Å². The lowest BCUT2D eigenvalue weighted by molar-refractivity contribution is -0.222. The van der Waals surface area contributed by atoms with Crippen LogP contribution in [-0.2, 0) is 28.5 Å². The van der Waals surface area contributed by atoms with E-state index in [0.29, 0.717) is 19.6 Å². The van der Waals surface area contributed by atoms with Crippen LogP contribution in [0.2, 0.25) is 0 Å². The molecule has 100 valence electrons. The molecule has 0 aromatic carbocycles. The van der Waals surface area contributed by atoms with Gasteiger partial charge in [0.1, 0.15) is 0 Å². The highest BCUT2D eigenvalue weighted by Crippen LogP contribution is 2.52. The second-order valence-electron chi connectivity index (χ2n) is 4.38. The van der Waals surface area contributed by atoms with Crippen molar-refractivity contribution in [1.29, 1.82) is 0 Å². The molecule has 0 radical (unpaired) electrons. The summed E-state index contributed by atoms with van der Waals surface area (Å²) in [5.74, 6) is -2.29. The maximum Gasteiger partial charge on any atom is 0.334 e. The first kappa shape index (κ1) is 13.0. The lowest BCUT2D eigenvalue weighted by Crippen LogP contribution is -2.52. The monoisotopic (exact) mass is 256 g/mol. The lowest BCUT2D eigenvalue weighted by Gasteiger charge is -2.37. The van der Waals surface area contributed by atoms with Crippen LogP contribution in [0, 0.1) is 5.41 Å². The zero-order valence-electron chi connectivity index (χ0n) is 10.6. The highest BCUT2D eigenvalue weighted by Gasteiger charge is 2.65. The molecule has 0 saturated carbocycles. The largest absolute Gasteiger partial charge is 0.468 e. The predicted molar refractivity (Wildman–Crippen MR) is 59.5 cm³/mol. The van der Waals surface area contributed by atoms with Crippen molar-refractivity contribution in [2.45, 2.75) is 19.1 Å². The van der Waals surface area contributed by atoms with E-state index in [1.54, 1.807) is 13.0 Å². The van der Waals surface area contributed by atoms with Crippen molar-refractivity contribution in [2.24, 2.45) is 5.41 Å². The summed E-state index contributed by atoms with van der Waals surface area (Å²) in [5, 5.41) is 0. The van der Waals surface area contributed by atoms with Gasteiger partial charge in [-0.1, -0.05) is 6.08 Å². The number of carbonyl (C=O) groups excluding carboxylic acids is 2. The molecule has 1 aliphatic carbocycles. The van der Waals surface area contributed by atoms with Gasteiger partial charge in [0, 0.05) is 6.42 Å². The summed E-state index contributed by atoms with van der Waals surface area (Å²) >= 11 is 0. The van der Waals surface area contributed by atoms with Crippen molar-refractivity contribution >= 4 is 11.9 Å². The van der Waals surface area contributed by atoms with E-state index in [1.165, 1.54) is 14.2 Å². The first-order chi connectivity index (χ1) is 8.52. The van der Waals surface area contributed by atoms with Gasteiger partial charge >= 0.3 is 11.9 Å². The zero-order chi connectivity index (χ0) is 13.4. The Morgan fingerprint density at radius 1 is 1.22 bits per heavy atom. The molecule has 1 aliphatic heterocycles. The molecule has 0 aromatic heterocycles. The number of rotatable bonds is 2. The molecule has 18 heavy (non-hydrogen) atoms. The Morgan fingerprint density at radius 2 is 1.83 bits per heavy atom.